The van der Waals surface area contributed by atoms with Gasteiger partial charge in [-0.1, -0.05) is 0 Å². The fraction of sp³-hybridized carbons (Fsp3) is 0. The molecule has 0 aromatic rings. The van der Waals surface area contributed by atoms with Crippen LogP contribution in [0.1, 0.15) is 0 Å². The third kappa shape index (κ3) is 59.1. The van der Waals surface area contributed by atoms with Crippen LogP contribution in [-0.4, -0.2) is 17.5 Å². The standard InChI is InChI=1S/3K.H2O4S.Ti/c;;;1-5(2,3)4;/h;;;(H2,1,2,3,4);/q3*+1;;+4/p-2. The van der Waals surface area contributed by atoms with Gasteiger partial charge >= 0.3 is 176 Å². The van der Waals surface area contributed by atoms with Crippen LogP contribution >= 0.6 is 0 Å². The van der Waals surface area contributed by atoms with Gasteiger partial charge in [0.25, 0.3) is 0 Å². The SMILES string of the molecule is O=S(=O)([O-])[O-].[K+].[K+].[K+].[Ti+4]. The second-order valence-corrected chi connectivity index (χ2v) is 1.22. The zero-order valence-corrected chi connectivity index (χ0v) is 17.3. The second kappa shape index (κ2) is 15.9. The van der Waals surface area contributed by atoms with Crippen molar-refractivity contribution >= 4 is 10.4 Å². The molecule has 0 atom stereocenters. The van der Waals surface area contributed by atoms with Gasteiger partial charge in [0.2, 0.25) is 0 Å². The van der Waals surface area contributed by atoms with Crippen LogP contribution in [-0.2, 0) is 32.1 Å². The molecule has 0 N–H and O–H groups in total. The molecule has 0 unspecified atom stereocenters. The second-order valence-electron chi connectivity index (χ2n) is 0.408. The molecule has 9 heteroatoms. The Morgan fingerprint density at radius 2 is 0.889 bits per heavy atom. The number of rotatable bonds is 0. The Morgan fingerprint density at radius 1 is 0.889 bits per heavy atom. The van der Waals surface area contributed by atoms with Gasteiger partial charge < -0.3 is 9.11 Å². The largest absolute Gasteiger partial charge is 4.00 e. The minimum atomic E-state index is -5.17. The minimum Gasteiger partial charge on any atom is -0.759 e. The van der Waals surface area contributed by atoms with Gasteiger partial charge in [-0.2, -0.15) is 0 Å². The van der Waals surface area contributed by atoms with E-state index in [-0.39, 0.29) is 176 Å². The summed E-state index contributed by atoms with van der Waals surface area (Å²) in [7, 11) is -5.17. The maximum atomic E-state index is 8.52. The molecule has 32 valence electrons. The quantitative estimate of drug-likeness (QED) is 0.246. The average Bonchev–Trinajstić information content (AvgIpc) is 0.722. The van der Waals surface area contributed by atoms with Crippen molar-refractivity contribution in [2.45, 2.75) is 0 Å². The number of hydrogen-bond donors (Lipinski definition) is 0. The topological polar surface area (TPSA) is 80.3 Å². The van der Waals surface area contributed by atoms with E-state index in [0.29, 0.717) is 0 Å². The van der Waals surface area contributed by atoms with Gasteiger partial charge in [0.1, 0.15) is 0 Å². The summed E-state index contributed by atoms with van der Waals surface area (Å²) in [5, 5.41) is 0. The van der Waals surface area contributed by atoms with Crippen molar-refractivity contribution in [1.82, 2.24) is 0 Å². The smallest absolute Gasteiger partial charge is 0.759 e. The molecule has 4 nitrogen and oxygen atoms in total. The zero-order valence-electron chi connectivity index (χ0n) is 5.54. The van der Waals surface area contributed by atoms with Crippen LogP contribution in [0.4, 0.5) is 0 Å². The molecule has 0 aliphatic rings. The molecule has 0 aliphatic carbocycles. The van der Waals surface area contributed by atoms with E-state index in [1.54, 1.807) is 0 Å². The van der Waals surface area contributed by atoms with Crippen molar-refractivity contribution in [2.24, 2.45) is 0 Å². The Bertz CT molecular complexity index is 99.0. The van der Waals surface area contributed by atoms with E-state index >= 15 is 0 Å². The van der Waals surface area contributed by atoms with Crippen LogP contribution in [0.2, 0.25) is 0 Å². The van der Waals surface area contributed by atoms with Crippen molar-refractivity contribution in [3.8, 4) is 0 Å². The first-order chi connectivity index (χ1) is 2.00. The first-order valence-corrected chi connectivity index (χ1v) is 2.00. The summed E-state index contributed by atoms with van der Waals surface area (Å²) in [6, 6.07) is 0. The number of hydrogen-bond acceptors (Lipinski definition) is 4. The van der Waals surface area contributed by atoms with E-state index in [2.05, 4.69) is 0 Å². The molecular formula is K3O4STi+5. The van der Waals surface area contributed by atoms with Crippen molar-refractivity contribution < 1.29 is 193 Å². The Kier molecular flexibility index (Phi) is 51.9. The predicted molar refractivity (Wildman–Crippen MR) is 10.5 cm³/mol. The van der Waals surface area contributed by atoms with Crippen LogP contribution in [0.5, 0.6) is 0 Å². The van der Waals surface area contributed by atoms with Crippen LogP contribution < -0.4 is 154 Å². The molecule has 0 aliphatic heterocycles. The predicted octanol–water partition coefficient (Wildman–Crippen LogP) is -10.3. The van der Waals surface area contributed by atoms with Gasteiger partial charge in [0.15, 0.2) is 0 Å². The summed E-state index contributed by atoms with van der Waals surface area (Å²) >= 11 is 0. The molecule has 0 aromatic carbocycles. The summed E-state index contributed by atoms with van der Waals surface area (Å²) in [5.74, 6) is 0. The van der Waals surface area contributed by atoms with Gasteiger partial charge in [-0.25, -0.2) is 0 Å². The van der Waals surface area contributed by atoms with Crippen molar-refractivity contribution in [3.63, 3.8) is 0 Å². The first-order valence-electron chi connectivity index (χ1n) is 0.667. The average molecular weight is 261 g/mol. The zero-order chi connectivity index (χ0) is 4.50. The third-order valence-corrected chi connectivity index (χ3v) is 0. The van der Waals surface area contributed by atoms with Crippen molar-refractivity contribution in [2.75, 3.05) is 0 Å². The molecule has 0 rings (SSSR count). The molecule has 0 saturated heterocycles. The van der Waals surface area contributed by atoms with E-state index in [1.807, 2.05) is 0 Å². The molecule has 0 saturated carbocycles. The normalized spacial score (nSPS) is 6.44. The van der Waals surface area contributed by atoms with E-state index in [1.165, 1.54) is 0 Å². The molecule has 9 heavy (non-hydrogen) atoms. The Labute approximate surface area is 197 Å². The van der Waals surface area contributed by atoms with Gasteiger partial charge in [0.05, 0.1) is 0 Å². The fourth-order valence-electron chi connectivity index (χ4n) is 0. The summed E-state index contributed by atoms with van der Waals surface area (Å²) < 4.78 is 34.1. The Hall–Kier alpha value is 5.49. The Morgan fingerprint density at radius 3 is 0.889 bits per heavy atom. The molecule has 0 fully saturated rings. The fourth-order valence-corrected chi connectivity index (χ4v) is 0. The molecule has 0 spiro atoms. The van der Waals surface area contributed by atoms with Crippen molar-refractivity contribution in [1.29, 1.82) is 0 Å². The molecule has 0 aromatic heterocycles. The van der Waals surface area contributed by atoms with Crippen LogP contribution in [0, 0.1) is 0 Å². The minimum absolute atomic E-state index is 0. The maximum Gasteiger partial charge on any atom is 4.00 e. The van der Waals surface area contributed by atoms with Gasteiger partial charge in [-0.05, 0) is 0 Å². The molecule has 0 radical (unpaired) electrons. The van der Waals surface area contributed by atoms with Gasteiger partial charge in [-0.3, -0.25) is 8.42 Å². The summed E-state index contributed by atoms with van der Waals surface area (Å²) in [6.45, 7) is 0. The van der Waals surface area contributed by atoms with Gasteiger partial charge in [0, 0.05) is 10.4 Å². The van der Waals surface area contributed by atoms with Gasteiger partial charge in [-0.15, -0.1) is 0 Å². The molecule has 0 amide bonds. The molecule has 0 heterocycles. The Balaban J connectivity index is -0.0000000133. The summed E-state index contributed by atoms with van der Waals surface area (Å²) in [5.41, 5.74) is 0. The van der Waals surface area contributed by atoms with Crippen LogP contribution in [0.15, 0.2) is 0 Å². The molecule has 0 bridgehead atoms. The van der Waals surface area contributed by atoms with E-state index in [4.69, 9.17) is 17.5 Å². The maximum absolute atomic E-state index is 8.52. The summed E-state index contributed by atoms with van der Waals surface area (Å²) in [6.07, 6.45) is 0. The van der Waals surface area contributed by atoms with E-state index in [0.717, 1.165) is 0 Å². The third-order valence-electron chi connectivity index (χ3n) is 0. The van der Waals surface area contributed by atoms with E-state index in [9.17, 15) is 0 Å². The van der Waals surface area contributed by atoms with Crippen LogP contribution in [0.25, 0.3) is 0 Å². The van der Waals surface area contributed by atoms with Crippen molar-refractivity contribution in [3.05, 3.63) is 0 Å². The monoisotopic (exact) mass is 261 g/mol. The van der Waals surface area contributed by atoms with E-state index < -0.39 is 10.4 Å². The summed E-state index contributed by atoms with van der Waals surface area (Å²) in [4.78, 5) is 0. The first kappa shape index (κ1) is 29.3. The molecular weight excluding hydrogens is 261 g/mol. The van der Waals surface area contributed by atoms with Crippen LogP contribution in [0.3, 0.4) is 0 Å².